The molecule has 8 aromatic rings. The highest BCUT2D eigenvalue weighted by Crippen LogP contribution is 2.33. The van der Waals surface area contributed by atoms with Crippen LogP contribution in [0, 0.1) is 15.5 Å². The Morgan fingerprint density at radius 1 is 0.690 bits per heavy atom. The molecule has 5 aromatic heterocycles. The maximum absolute atomic E-state index is 9.03. The normalized spacial score (nSPS) is 11.2. The van der Waals surface area contributed by atoms with E-state index in [1.807, 2.05) is 35.3 Å². The van der Waals surface area contributed by atoms with Gasteiger partial charge in [0.1, 0.15) is 39.4 Å². The molecule has 0 aliphatic rings. The van der Waals surface area contributed by atoms with E-state index in [9.17, 15) is 0 Å². The van der Waals surface area contributed by atoms with Gasteiger partial charge >= 0.3 is 7.12 Å². The SMILES string of the molecule is CC(C)Cn1nc(I)c2c(N)ncnc21.CCOc1ccc2cc(-c3nn(CC(C)C)c4ncnc(N)c34)ccc2c1.CCOc1ccc2cc(B(O)O)ccc2n1. The number of rotatable bonds is 10. The van der Waals surface area contributed by atoms with Gasteiger partial charge in [-0.3, -0.25) is 0 Å². The van der Waals surface area contributed by atoms with E-state index < -0.39 is 7.12 Å². The van der Waals surface area contributed by atoms with Gasteiger partial charge in [-0.1, -0.05) is 58.0 Å². The molecule has 0 spiro atoms. The zero-order valence-corrected chi connectivity index (χ0v) is 35.5. The second kappa shape index (κ2) is 18.7. The minimum Gasteiger partial charge on any atom is -0.494 e. The van der Waals surface area contributed by atoms with Crippen LogP contribution in [0.5, 0.6) is 11.6 Å². The summed E-state index contributed by atoms with van der Waals surface area (Å²) in [6, 6.07) is 21.1. The quantitative estimate of drug-likeness (QED) is 0.0883. The number of nitrogens with two attached hydrogens (primary N) is 2. The third-order valence-electron chi connectivity index (χ3n) is 8.82. The van der Waals surface area contributed by atoms with E-state index in [1.54, 1.807) is 24.3 Å². The molecule has 8 rings (SSSR count). The maximum Gasteiger partial charge on any atom is 0.488 e. The van der Waals surface area contributed by atoms with E-state index in [0.717, 1.165) is 77.5 Å². The van der Waals surface area contributed by atoms with Crippen LogP contribution < -0.4 is 26.4 Å². The molecule has 6 N–H and O–H groups in total. The van der Waals surface area contributed by atoms with Gasteiger partial charge in [0.25, 0.3) is 0 Å². The van der Waals surface area contributed by atoms with Crippen molar-refractivity contribution in [3.63, 3.8) is 0 Å². The molecule has 0 aliphatic carbocycles. The Bertz CT molecular complexity index is 2670. The average Bonchev–Trinajstić information content (AvgIpc) is 3.72. The standard InChI is InChI=1S/C21H23N5O.C11H12BNO3.C9H12IN5/c1-4-27-17-8-7-14-9-16(6-5-15(14)10-17)19-18-20(22)23-12-24-21(18)26(25-19)11-13(2)3;1-2-16-11-6-3-8-7-9(12(14)15)4-5-10(8)13-11;1-5(2)3-15-9-6(7(10)14-15)8(11)12-4-13-9/h5-10,12-13H,4,11H2,1-3H3,(H2,22,23,24);3-7,14-15H,2H2,1H3;4-5H,3H2,1-2H3,(H2,11,12,13). The number of pyridine rings is 1. The van der Waals surface area contributed by atoms with E-state index in [4.69, 9.17) is 36.1 Å². The summed E-state index contributed by atoms with van der Waals surface area (Å²) in [5, 5.41) is 32.1. The zero-order valence-electron chi connectivity index (χ0n) is 33.3. The van der Waals surface area contributed by atoms with Crippen molar-refractivity contribution in [2.45, 2.75) is 54.6 Å². The summed E-state index contributed by atoms with van der Waals surface area (Å²) in [4.78, 5) is 21.1. The van der Waals surface area contributed by atoms with E-state index in [2.05, 4.69) is 111 Å². The summed E-state index contributed by atoms with van der Waals surface area (Å²) in [6.45, 7) is 15.3. The molecule has 0 saturated heterocycles. The first kappa shape index (κ1) is 42.0. The van der Waals surface area contributed by atoms with Gasteiger partial charge in [0, 0.05) is 30.1 Å². The van der Waals surface area contributed by atoms with Crippen LogP contribution >= 0.6 is 22.6 Å². The molecule has 0 saturated carbocycles. The predicted molar refractivity (Wildman–Crippen MR) is 239 cm³/mol. The first-order valence-corrected chi connectivity index (χ1v) is 20.1. The molecule has 0 atom stereocenters. The van der Waals surface area contributed by atoms with Crippen LogP contribution in [0.2, 0.25) is 0 Å². The molecule has 0 fully saturated rings. The number of benzene rings is 3. The predicted octanol–water partition coefficient (Wildman–Crippen LogP) is 6.27. The van der Waals surface area contributed by atoms with Gasteiger partial charge in [0.2, 0.25) is 5.88 Å². The van der Waals surface area contributed by atoms with Crippen LogP contribution in [-0.4, -0.2) is 74.9 Å². The Morgan fingerprint density at radius 2 is 1.29 bits per heavy atom. The number of anilines is 2. The Morgan fingerprint density at radius 3 is 1.95 bits per heavy atom. The monoisotopic (exact) mass is 895 g/mol. The fourth-order valence-corrected chi connectivity index (χ4v) is 7.08. The molecule has 0 aliphatic heterocycles. The molecule has 0 radical (unpaired) electrons. The van der Waals surface area contributed by atoms with Crippen LogP contribution in [0.1, 0.15) is 41.5 Å². The third-order valence-corrected chi connectivity index (χ3v) is 9.58. The lowest BCUT2D eigenvalue weighted by molar-refractivity contribution is 0.328. The first-order chi connectivity index (χ1) is 27.9. The second-order valence-electron chi connectivity index (χ2n) is 14.3. The van der Waals surface area contributed by atoms with E-state index in [-0.39, 0.29) is 0 Å². The molecule has 17 heteroatoms. The van der Waals surface area contributed by atoms with Crippen molar-refractivity contribution in [2.75, 3.05) is 24.7 Å². The Kier molecular flexibility index (Phi) is 13.6. The van der Waals surface area contributed by atoms with Crippen molar-refractivity contribution in [2.24, 2.45) is 11.8 Å². The highest BCUT2D eigenvalue weighted by Gasteiger charge is 2.18. The molecule has 0 amide bonds. The fraction of sp³-hybridized carbons (Fsp3) is 0.293. The number of fused-ring (bicyclic) bond motifs is 4. The van der Waals surface area contributed by atoms with Crippen molar-refractivity contribution in [1.29, 1.82) is 0 Å². The van der Waals surface area contributed by atoms with Gasteiger partial charge in [-0.2, -0.15) is 10.2 Å². The van der Waals surface area contributed by atoms with Gasteiger partial charge in [0.05, 0.1) is 29.5 Å². The van der Waals surface area contributed by atoms with Crippen LogP contribution in [0.25, 0.3) is 55.0 Å². The van der Waals surface area contributed by atoms with Crippen LogP contribution in [0.4, 0.5) is 11.6 Å². The summed E-state index contributed by atoms with van der Waals surface area (Å²) in [7, 11) is -1.45. The van der Waals surface area contributed by atoms with E-state index in [1.165, 1.54) is 12.7 Å². The molecule has 0 bridgehead atoms. The number of nitrogen functional groups attached to an aromatic ring is 2. The van der Waals surface area contributed by atoms with Crippen molar-refractivity contribution in [3.8, 4) is 22.9 Å². The Hall–Kier alpha value is -5.66. The van der Waals surface area contributed by atoms with Crippen LogP contribution in [0.3, 0.4) is 0 Å². The average molecular weight is 896 g/mol. The lowest BCUT2D eigenvalue weighted by atomic mass is 9.80. The van der Waals surface area contributed by atoms with E-state index >= 15 is 0 Å². The third kappa shape index (κ3) is 9.71. The molecule has 0 unspecified atom stereocenters. The summed E-state index contributed by atoms with van der Waals surface area (Å²) in [5.74, 6) is 3.39. The van der Waals surface area contributed by atoms with Gasteiger partial charge in [-0.25, -0.2) is 34.3 Å². The van der Waals surface area contributed by atoms with Crippen molar-refractivity contribution in [3.05, 3.63) is 83.1 Å². The first-order valence-electron chi connectivity index (χ1n) is 19.0. The summed E-state index contributed by atoms with van der Waals surface area (Å²) >= 11 is 2.16. The molecular formula is C41H47BIN11O4. The fourth-order valence-electron chi connectivity index (χ4n) is 6.31. The maximum atomic E-state index is 9.03. The summed E-state index contributed by atoms with van der Waals surface area (Å²) in [5.41, 5.74) is 16.6. The topological polar surface area (TPSA) is 211 Å². The largest absolute Gasteiger partial charge is 0.494 e. The molecule has 15 nitrogen and oxygen atoms in total. The van der Waals surface area contributed by atoms with Gasteiger partial charge in [-0.05, 0) is 94.8 Å². The number of nitrogens with zero attached hydrogens (tertiary/aromatic N) is 9. The molecule has 5 heterocycles. The van der Waals surface area contributed by atoms with Crippen molar-refractivity contribution >= 4 is 90.5 Å². The van der Waals surface area contributed by atoms with Gasteiger partial charge in [0.15, 0.2) is 11.3 Å². The van der Waals surface area contributed by atoms with Gasteiger partial charge in [-0.15, -0.1) is 0 Å². The van der Waals surface area contributed by atoms with Crippen molar-refractivity contribution in [1.82, 2.24) is 44.5 Å². The van der Waals surface area contributed by atoms with Crippen LogP contribution in [-0.2, 0) is 13.1 Å². The number of ether oxygens (including phenoxy) is 2. The number of halogens is 1. The summed E-state index contributed by atoms with van der Waals surface area (Å²) in [6.07, 6.45) is 2.97. The van der Waals surface area contributed by atoms with Crippen molar-refractivity contribution < 1.29 is 19.5 Å². The summed E-state index contributed by atoms with van der Waals surface area (Å²) < 4.78 is 15.6. The van der Waals surface area contributed by atoms with Crippen LogP contribution in [0.15, 0.2) is 79.4 Å². The molecule has 58 heavy (non-hydrogen) atoms. The number of hydrogen-bond donors (Lipinski definition) is 4. The minimum absolute atomic E-state index is 0.450. The highest BCUT2D eigenvalue weighted by atomic mass is 127. The smallest absolute Gasteiger partial charge is 0.488 e. The molecular weight excluding hydrogens is 848 g/mol. The lowest BCUT2D eigenvalue weighted by Crippen LogP contribution is -2.29. The van der Waals surface area contributed by atoms with Gasteiger partial charge < -0.3 is 31.0 Å². The Labute approximate surface area is 350 Å². The number of hydrogen-bond acceptors (Lipinski definition) is 13. The Balaban J connectivity index is 0.000000157. The minimum atomic E-state index is -1.45. The molecule has 3 aromatic carbocycles. The second-order valence-corrected chi connectivity index (χ2v) is 15.3. The highest BCUT2D eigenvalue weighted by molar-refractivity contribution is 14.1. The lowest BCUT2D eigenvalue weighted by Gasteiger charge is -2.06. The zero-order chi connectivity index (χ0) is 41.5. The molecule has 300 valence electrons. The number of aromatic nitrogens is 9. The van der Waals surface area contributed by atoms with E-state index in [0.29, 0.717) is 48.0 Å².